The number of aromatic amines is 1. The lowest BCUT2D eigenvalue weighted by Gasteiger charge is -2.14. The molecular weight excluding hydrogens is 342 g/mol. The summed E-state index contributed by atoms with van der Waals surface area (Å²) >= 11 is 5.88. The first-order chi connectivity index (χ1) is 11.5. The maximum Gasteiger partial charge on any atom is 0.387 e. The lowest BCUT2D eigenvalue weighted by atomic mass is 10.1. The molecule has 3 rings (SSSR count). The molecule has 1 aromatic heterocycles. The van der Waals surface area contributed by atoms with Gasteiger partial charge in [0.05, 0.1) is 0 Å². The van der Waals surface area contributed by atoms with Gasteiger partial charge in [-0.25, -0.2) is 0 Å². The first kappa shape index (κ1) is 16.7. The number of H-pyrrole nitrogens is 1. The van der Waals surface area contributed by atoms with Crippen LogP contribution in [0.25, 0.3) is 0 Å². The van der Waals surface area contributed by atoms with Gasteiger partial charge >= 0.3 is 6.61 Å². The SMILES string of the molecule is O=C(NCc1cc(Cl)ccc1OC(F)F)c1n[nH]c2c1CNCC2. The fourth-order valence-electron chi connectivity index (χ4n) is 2.57. The Morgan fingerprint density at radius 3 is 3.08 bits per heavy atom. The minimum atomic E-state index is -2.95. The molecule has 0 bridgehead atoms. The quantitative estimate of drug-likeness (QED) is 0.767. The van der Waals surface area contributed by atoms with E-state index >= 15 is 0 Å². The summed E-state index contributed by atoms with van der Waals surface area (Å²) in [5.41, 5.74) is 2.42. The molecule has 1 aliphatic rings. The molecule has 0 spiro atoms. The summed E-state index contributed by atoms with van der Waals surface area (Å²) < 4.78 is 29.3. The molecule has 9 heteroatoms. The van der Waals surface area contributed by atoms with Crippen LogP contribution in [-0.2, 0) is 19.5 Å². The molecule has 0 radical (unpaired) electrons. The number of fused-ring (bicyclic) bond motifs is 1. The van der Waals surface area contributed by atoms with Crippen molar-refractivity contribution in [3.8, 4) is 5.75 Å². The first-order valence-corrected chi connectivity index (χ1v) is 7.70. The Morgan fingerprint density at radius 2 is 2.29 bits per heavy atom. The molecule has 0 saturated carbocycles. The van der Waals surface area contributed by atoms with E-state index in [-0.39, 0.29) is 18.2 Å². The number of nitrogens with zero attached hydrogens (tertiary/aromatic N) is 1. The Hall–Kier alpha value is -2.19. The van der Waals surface area contributed by atoms with Gasteiger partial charge in [-0.1, -0.05) is 11.6 Å². The van der Waals surface area contributed by atoms with E-state index in [0.29, 0.717) is 22.8 Å². The lowest BCUT2D eigenvalue weighted by Crippen LogP contribution is -2.28. The predicted molar refractivity (Wildman–Crippen MR) is 83.3 cm³/mol. The Balaban J connectivity index is 1.72. The summed E-state index contributed by atoms with van der Waals surface area (Å²) in [5, 5.41) is 13.1. The Bertz CT molecular complexity index is 751. The van der Waals surface area contributed by atoms with E-state index in [1.165, 1.54) is 18.2 Å². The van der Waals surface area contributed by atoms with Crippen molar-refractivity contribution in [1.29, 1.82) is 0 Å². The van der Waals surface area contributed by atoms with Gasteiger partial charge < -0.3 is 15.4 Å². The zero-order valence-electron chi connectivity index (χ0n) is 12.5. The third-order valence-corrected chi connectivity index (χ3v) is 3.93. The molecule has 24 heavy (non-hydrogen) atoms. The average Bonchev–Trinajstić information content (AvgIpc) is 2.98. The van der Waals surface area contributed by atoms with E-state index in [2.05, 4.69) is 25.6 Å². The van der Waals surface area contributed by atoms with E-state index in [1.54, 1.807) is 0 Å². The molecular formula is C15H15ClF2N4O2. The molecule has 2 aromatic rings. The van der Waals surface area contributed by atoms with Crippen LogP contribution >= 0.6 is 11.6 Å². The smallest absolute Gasteiger partial charge is 0.387 e. The van der Waals surface area contributed by atoms with Crippen LogP contribution in [0.5, 0.6) is 5.75 Å². The van der Waals surface area contributed by atoms with Crippen molar-refractivity contribution in [2.24, 2.45) is 0 Å². The number of ether oxygens (including phenoxy) is 1. The number of aromatic nitrogens is 2. The number of carbonyl (C=O) groups excluding carboxylic acids is 1. The van der Waals surface area contributed by atoms with Gasteiger partial charge in [0.2, 0.25) is 0 Å². The van der Waals surface area contributed by atoms with E-state index in [4.69, 9.17) is 11.6 Å². The Labute approximate surface area is 141 Å². The van der Waals surface area contributed by atoms with Crippen molar-refractivity contribution in [2.75, 3.05) is 6.54 Å². The number of carbonyl (C=O) groups is 1. The van der Waals surface area contributed by atoms with Crippen molar-refractivity contribution in [3.05, 3.63) is 45.7 Å². The molecule has 6 nitrogen and oxygen atoms in total. The van der Waals surface area contributed by atoms with Gasteiger partial charge in [0, 0.05) is 47.9 Å². The molecule has 1 aromatic carbocycles. The monoisotopic (exact) mass is 356 g/mol. The second-order valence-corrected chi connectivity index (χ2v) is 5.71. The van der Waals surface area contributed by atoms with Crippen LogP contribution in [-0.4, -0.2) is 29.3 Å². The zero-order chi connectivity index (χ0) is 17.1. The highest BCUT2D eigenvalue weighted by Crippen LogP contribution is 2.24. The number of nitrogens with one attached hydrogen (secondary N) is 3. The minimum absolute atomic E-state index is 0.00346. The second kappa shape index (κ2) is 7.14. The minimum Gasteiger partial charge on any atom is -0.434 e. The standard InChI is InChI=1S/C15H15ClF2N4O2/c16-9-1-2-12(24-15(17)18)8(5-9)6-20-14(23)13-10-7-19-4-3-11(10)21-22-13/h1-2,5,15,19H,3-4,6-7H2,(H,20,23)(H,21,22). The van der Waals surface area contributed by atoms with Gasteiger partial charge in [-0.3, -0.25) is 9.89 Å². The second-order valence-electron chi connectivity index (χ2n) is 5.27. The van der Waals surface area contributed by atoms with E-state index in [0.717, 1.165) is 24.2 Å². The molecule has 1 amide bonds. The largest absolute Gasteiger partial charge is 0.434 e. The molecule has 0 atom stereocenters. The van der Waals surface area contributed by atoms with Crippen molar-refractivity contribution in [2.45, 2.75) is 26.1 Å². The Kier molecular flexibility index (Phi) is 4.96. The van der Waals surface area contributed by atoms with Crippen LogP contribution in [0.1, 0.15) is 27.3 Å². The molecule has 0 unspecified atom stereocenters. The average molecular weight is 357 g/mol. The van der Waals surface area contributed by atoms with Crippen LogP contribution in [0.4, 0.5) is 8.78 Å². The number of rotatable bonds is 5. The van der Waals surface area contributed by atoms with Gasteiger partial charge in [-0.05, 0) is 18.2 Å². The summed E-state index contributed by atoms with van der Waals surface area (Å²) in [6.45, 7) is -1.57. The molecule has 1 aliphatic heterocycles. The van der Waals surface area contributed by atoms with Crippen molar-refractivity contribution in [3.63, 3.8) is 0 Å². The summed E-state index contributed by atoms with van der Waals surface area (Å²) in [6, 6.07) is 4.26. The fraction of sp³-hybridized carbons (Fsp3) is 0.333. The Morgan fingerprint density at radius 1 is 1.46 bits per heavy atom. The fourth-order valence-corrected chi connectivity index (χ4v) is 2.76. The topological polar surface area (TPSA) is 79.0 Å². The first-order valence-electron chi connectivity index (χ1n) is 7.33. The summed E-state index contributed by atoms with van der Waals surface area (Å²) in [4.78, 5) is 12.3. The van der Waals surface area contributed by atoms with E-state index < -0.39 is 6.61 Å². The highest BCUT2D eigenvalue weighted by molar-refractivity contribution is 6.30. The van der Waals surface area contributed by atoms with Crippen LogP contribution < -0.4 is 15.4 Å². The number of amides is 1. The van der Waals surface area contributed by atoms with Gasteiger partial charge in [-0.15, -0.1) is 0 Å². The third-order valence-electron chi connectivity index (χ3n) is 3.70. The number of halogens is 3. The number of alkyl halides is 2. The normalized spacial score (nSPS) is 13.7. The van der Waals surface area contributed by atoms with Gasteiger partial charge in [-0.2, -0.15) is 13.9 Å². The summed E-state index contributed by atoms with van der Waals surface area (Å²) in [7, 11) is 0. The van der Waals surface area contributed by atoms with Crippen molar-refractivity contribution in [1.82, 2.24) is 20.8 Å². The summed E-state index contributed by atoms with van der Waals surface area (Å²) in [5.74, 6) is -0.417. The number of benzene rings is 1. The third kappa shape index (κ3) is 3.65. The van der Waals surface area contributed by atoms with Crippen LogP contribution in [0.2, 0.25) is 5.02 Å². The molecule has 3 N–H and O–H groups in total. The van der Waals surface area contributed by atoms with Gasteiger partial charge in [0.15, 0.2) is 5.69 Å². The highest BCUT2D eigenvalue weighted by atomic mass is 35.5. The predicted octanol–water partition coefficient (Wildman–Crippen LogP) is 2.24. The van der Waals surface area contributed by atoms with E-state index in [1.807, 2.05) is 0 Å². The van der Waals surface area contributed by atoms with Gasteiger partial charge in [0.1, 0.15) is 5.75 Å². The molecule has 0 saturated heterocycles. The zero-order valence-corrected chi connectivity index (χ0v) is 13.3. The van der Waals surface area contributed by atoms with Crippen LogP contribution in [0.15, 0.2) is 18.2 Å². The molecule has 128 valence electrons. The van der Waals surface area contributed by atoms with E-state index in [9.17, 15) is 13.6 Å². The van der Waals surface area contributed by atoms with Gasteiger partial charge in [0.25, 0.3) is 5.91 Å². The van der Waals surface area contributed by atoms with Crippen molar-refractivity contribution < 1.29 is 18.3 Å². The molecule has 0 aliphatic carbocycles. The maximum atomic E-state index is 12.4. The molecule has 0 fully saturated rings. The summed E-state index contributed by atoms with van der Waals surface area (Å²) in [6.07, 6.45) is 0.774. The lowest BCUT2D eigenvalue weighted by molar-refractivity contribution is -0.0504. The molecule has 2 heterocycles. The van der Waals surface area contributed by atoms with Crippen LogP contribution in [0.3, 0.4) is 0 Å². The van der Waals surface area contributed by atoms with Crippen LogP contribution in [0, 0.1) is 0 Å². The maximum absolute atomic E-state index is 12.4. The number of hydrogen-bond acceptors (Lipinski definition) is 4. The highest BCUT2D eigenvalue weighted by Gasteiger charge is 2.21. The number of hydrogen-bond donors (Lipinski definition) is 3. The van der Waals surface area contributed by atoms with Crippen molar-refractivity contribution >= 4 is 17.5 Å².